The van der Waals surface area contributed by atoms with Crippen LogP contribution in [0.2, 0.25) is 0 Å². The van der Waals surface area contributed by atoms with Crippen LogP contribution in [0.5, 0.6) is 0 Å². The second-order valence-corrected chi connectivity index (χ2v) is 5.79. The van der Waals surface area contributed by atoms with Gasteiger partial charge in [0, 0.05) is 38.3 Å². The average Bonchev–Trinajstić information content (AvgIpc) is 2.34. The number of nitrogens with one attached hydrogen (secondary N) is 1. The molecule has 2 aliphatic rings. The highest BCUT2D eigenvalue weighted by molar-refractivity contribution is 4.92. The highest BCUT2D eigenvalue weighted by atomic mass is 15.3. The molecule has 0 aromatic carbocycles. The maximum absolute atomic E-state index is 3.34. The van der Waals surface area contributed by atoms with Crippen molar-refractivity contribution < 1.29 is 0 Å². The molecule has 1 aliphatic heterocycles. The van der Waals surface area contributed by atoms with Crippen LogP contribution in [-0.2, 0) is 0 Å². The van der Waals surface area contributed by atoms with Crippen molar-refractivity contribution in [3.05, 3.63) is 0 Å². The van der Waals surface area contributed by atoms with Crippen LogP contribution in [0.1, 0.15) is 33.1 Å². The third kappa shape index (κ3) is 3.01. The van der Waals surface area contributed by atoms with E-state index in [0.29, 0.717) is 0 Å². The monoisotopic (exact) mass is 239 g/mol. The van der Waals surface area contributed by atoms with Crippen LogP contribution >= 0.6 is 0 Å². The first-order chi connectivity index (χ1) is 8.26. The maximum atomic E-state index is 3.34. The quantitative estimate of drug-likeness (QED) is 0.782. The van der Waals surface area contributed by atoms with Gasteiger partial charge in [0.15, 0.2) is 0 Å². The number of nitrogens with zero attached hydrogens (tertiary/aromatic N) is 2. The van der Waals surface area contributed by atoms with Gasteiger partial charge in [-0.25, -0.2) is 0 Å². The van der Waals surface area contributed by atoms with E-state index in [9.17, 15) is 0 Å². The molecule has 2 rings (SSSR count). The Balaban J connectivity index is 1.75. The third-order valence-corrected chi connectivity index (χ3v) is 4.88. The lowest BCUT2D eigenvalue weighted by atomic mass is 9.78. The van der Waals surface area contributed by atoms with E-state index in [-0.39, 0.29) is 0 Å². The number of piperazine rings is 1. The summed E-state index contributed by atoms with van der Waals surface area (Å²) in [5.41, 5.74) is 0. The summed E-state index contributed by atoms with van der Waals surface area (Å²) in [7, 11) is 2.08. The van der Waals surface area contributed by atoms with E-state index in [0.717, 1.165) is 18.0 Å². The Kier molecular flexibility index (Phi) is 4.83. The van der Waals surface area contributed by atoms with Crippen molar-refractivity contribution in [2.75, 3.05) is 39.8 Å². The summed E-state index contributed by atoms with van der Waals surface area (Å²) in [6, 6.07) is 1.65. The molecule has 0 radical (unpaired) electrons. The van der Waals surface area contributed by atoms with Crippen molar-refractivity contribution in [1.82, 2.24) is 15.1 Å². The second-order valence-electron chi connectivity index (χ2n) is 5.79. The normalized spacial score (nSPS) is 33.4. The van der Waals surface area contributed by atoms with Crippen molar-refractivity contribution in [2.24, 2.45) is 5.92 Å². The smallest absolute Gasteiger partial charge is 0.0137 e. The molecule has 0 aromatic rings. The highest BCUT2D eigenvalue weighted by Crippen LogP contribution is 2.32. The van der Waals surface area contributed by atoms with E-state index >= 15 is 0 Å². The van der Waals surface area contributed by atoms with Gasteiger partial charge in [-0.3, -0.25) is 9.80 Å². The van der Waals surface area contributed by atoms with Crippen LogP contribution in [0.3, 0.4) is 0 Å². The first kappa shape index (κ1) is 13.3. The van der Waals surface area contributed by atoms with Crippen LogP contribution in [0, 0.1) is 5.92 Å². The molecule has 0 spiro atoms. The molecular formula is C14H29N3. The summed E-state index contributed by atoms with van der Waals surface area (Å²) in [4.78, 5) is 5.40. The van der Waals surface area contributed by atoms with Gasteiger partial charge in [0.1, 0.15) is 0 Å². The molecule has 0 aromatic heterocycles. The van der Waals surface area contributed by atoms with E-state index in [1.807, 2.05) is 0 Å². The second kappa shape index (κ2) is 6.17. The lowest BCUT2D eigenvalue weighted by Gasteiger charge is -2.48. The zero-order valence-electron chi connectivity index (χ0n) is 11.8. The molecule has 100 valence electrons. The maximum Gasteiger partial charge on any atom is 0.0137 e. The lowest BCUT2D eigenvalue weighted by molar-refractivity contribution is 0.0115. The highest BCUT2D eigenvalue weighted by Gasteiger charge is 2.36. The van der Waals surface area contributed by atoms with Crippen molar-refractivity contribution in [2.45, 2.75) is 45.2 Å². The third-order valence-electron chi connectivity index (χ3n) is 4.88. The van der Waals surface area contributed by atoms with Gasteiger partial charge in [-0.1, -0.05) is 6.92 Å². The van der Waals surface area contributed by atoms with Crippen molar-refractivity contribution >= 4 is 0 Å². The van der Waals surface area contributed by atoms with Gasteiger partial charge >= 0.3 is 0 Å². The van der Waals surface area contributed by atoms with Gasteiger partial charge in [-0.15, -0.1) is 0 Å². The van der Waals surface area contributed by atoms with Gasteiger partial charge in [0.05, 0.1) is 0 Å². The summed E-state index contributed by atoms with van der Waals surface area (Å²) >= 11 is 0. The molecule has 3 atom stereocenters. The van der Waals surface area contributed by atoms with Crippen molar-refractivity contribution in [1.29, 1.82) is 0 Å². The first-order valence-corrected chi connectivity index (χ1v) is 7.39. The summed E-state index contributed by atoms with van der Waals surface area (Å²) < 4.78 is 0. The minimum Gasteiger partial charge on any atom is -0.319 e. The molecule has 0 bridgehead atoms. The predicted molar refractivity (Wildman–Crippen MR) is 73.3 cm³/mol. The van der Waals surface area contributed by atoms with E-state index in [4.69, 9.17) is 0 Å². The van der Waals surface area contributed by atoms with Crippen molar-refractivity contribution in [3.63, 3.8) is 0 Å². The largest absolute Gasteiger partial charge is 0.319 e. The molecule has 1 saturated heterocycles. The summed E-state index contributed by atoms with van der Waals surface area (Å²) in [6.07, 6.45) is 4.14. The fourth-order valence-corrected chi connectivity index (χ4v) is 3.30. The van der Waals surface area contributed by atoms with Crippen molar-refractivity contribution in [3.8, 4) is 0 Å². The molecule has 3 unspecified atom stereocenters. The van der Waals surface area contributed by atoms with Crippen LogP contribution in [0.25, 0.3) is 0 Å². The standard InChI is InChI=1S/C14H29N3/c1-4-12(2)16-7-9-17(10-8-16)14-6-5-13(14)11-15-3/h12-15H,4-11H2,1-3H3. The minimum absolute atomic E-state index is 0.770. The summed E-state index contributed by atoms with van der Waals surface area (Å²) in [5.74, 6) is 0.912. The average molecular weight is 239 g/mol. The lowest BCUT2D eigenvalue weighted by Crippen LogP contribution is -2.57. The topological polar surface area (TPSA) is 18.5 Å². The zero-order valence-corrected chi connectivity index (χ0v) is 11.8. The fraction of sp³-hybridized carbons (Fsp3) is 1.00. The zero-order chi connectivity index (χ0) is 12.3. The van der Waals surface area contributed by atoms with Gasteiger partial charge < -0.3 is 5.32 Å². The van der Waals surface area contributed by atoms with Gasteiger partial charge in [-0.2, -0.15) is 0 Å². The Labute approximate surface area is 107 Å². The van der Waals surface area contributed by atoms with Gasteiger partial charge in [0.2, 0.25) is 0 Å². The molecule has 1 aliphatic carbocycles. The molecule has 3 nitrogen and oxygen atoms in total. The summed E-state index contributed by atoms with van der Waals surface area (Å²) in [6.45, 7) is 11.0. The molecular weight excluding hydrogens is 210 g/mol. The molecule has 1 N–H and O–H groups in total. The van der Waals surface area contributed by atoms with Gasteiger partial charge in [0.25, 0.3) is 0 Å². The SMILES string of the molecule is CCC(C)N1CCN(C2CCC2CNC)CC1. The van der Waals surface area contributed by atoms with E-state index in [1.54, 1.807) is 0 Å². The molecule has 1 heterocycles. The Hall–Kier alpha value is -0.120. The van der Waals surface area contributed by atoms with Crippen LogP contribution in [0.15, 0.2) is 0 Å². The molecule has 0 amide bonds. The Bertz CT molecular complexity index is 224. The predicted octanol–water partition coefficient (Wildman–Crippen LogP) is 1.40. The van der Waals surface area contributed by atoms with Crippen LogP contribution in [-0.4, -0.2) is 61.7 Å². The molecule has 17 heavy (non-hydrogen) atoms. The number of hydrogen-bond acceptors (Lipinski definition) is 3. The molecule has 3 heteroatoms. The first-order valence-electron chi connectivity index (χ1n) is 7.39. The molecule has 2 fully saturated rings. The van der Waals surface area contributed by atoms with Gasteiger partial charge in [-0.05, 0) is 45.7 Å². The van der Waals surface area contributed by atoms with Crippen LogP contribution in [0.4, 0.5) is 0 Å². The number of rotatable bonds is 5. The number of hydrogen-bond donors (Lipinski definition) is 1. The minimum atomic E-state index is 0.770. The van der Waals surface area contributed by atoms with E-state index in [2.05, 4.69) is 36.0 Å². The Morgan fingerprint density at radius 1 is 1.18 bits per heavy atom. The Morgan fingerprint density at radius 3 is 2.35 bits per heavy atom. The fourth-order valence-electron chi connectivity index (χ4n) is 3.30. The summed E-state index contributed by atoms with van der Waals surface area (Å²) in [5, 5.41) is 3.34. The van der Waals surface area contributed by atoms with E-state index in [1.165, 1.54) is 52.0 Å². The molecule has 1 saturated carbocycles. The van der Waals surface area contributed by atoms with E-state index < -0.39 is 0 Å². The van der Waals surface area contributed by atoms with Crippen LogP contribution < -0.4 is 5.32 Å². The Morgan fingerprint density at radius 2 is 1.88 bits per heavy atom.